The van der Waals surface area contributed by atoms with Crippen molar-refractivity contribution in [2.24, 2.45) is 0 Å². The minimum atomic E-state index is 0.147. The molecule has 0 aliphatic rings. The van der Waals surface area contributed by atoms with E-state index in [1.54, 1.807) is 19.5 Å². The number of nitrogens with one attached hydrogen (secondary N) is 1. The minimum absolute atomic E-state index is 0.147. The third kappa shape index (κ3) is 2.76. The maximum absolute atomic E-state index is 7.78. The Morgan fingerprint density at radius 2 is 2.21 bits per heavy atom. The topological polar surface area (TPSA) is 60.1 Å². The molecule has 100 valence electrons. The van der Waals surface area contributed by atoms with Crippen LogP contribution in [0, 0.1) is 12.3 Å². The Morgan fingerprint density at radius 3 is 2.79 bits per heavy atom. The van der Waals surface area contributed by atoms with Gasteiger partial charge in [0.05, 0.1) is 31.4 Å². The van der Waals surface area contributed by atoms with Gasteiger partial charge in [-0.1, -0.05) is 0 Å². The second-order valence-electron chi connectivity index (χ2n) is 4.07. The van der Waals surface area contributed by atoms with Gasteiger partial charge in [0.25, 0.3) is 0 Å². The number of rotatable bonds is 4. The highest BCUT2D eigenvalue weighted by atomic mass is 16.5. The Balaban J connectivity index is 2.39. The van der Waals surface area contributed by atoms with E-state index >= 15 is 0 Å². The third-order valence-electron chi connectivity index (χ3n) is 2.72. The molecule has 0 amide bonds. The van der Waals surface area contributed by atoms with E-state index in [1.807, 2.05) is 36.7 Å². The summed E-state index contributed by atoms with van der Waals surface area (Å²) in [7, 11) is 1.61. The van der Waals surface area contributed by atoms with Crippen LogP contribution in [-0.4, -0.2) is 29.2 Å². The van der Waals surface area contributed by atoms with Crippen LogP contribution in [0.5, 0.6) is 5.75 Å². The van der Waals surface area contributed by atoms with Gasteiger partial charge in [0, 0.05) is 11.8 Å². The van der Waals surface area contributed by atoms with Gasteiger partial charge < -0.3 is 14.0 Å². The zero-order chi connectivity index (χ0) is 13.8. The summed E-state index contributed by atoms with van der Waals surface area (Å²) in [4.78, 5) is 4.20. The predicted octanol–water partition coefficient (Wildman–Crippen LogP) is 2.55. The zero-order valence-electron chi connectivity index (χ0n) is 11.3. The van der Waals surface area contributed by atoms with E-state index in [4.69, 9.17) is 14.9 Å². The minimum Gasteiger partial charge on any atom is -0.495 e. The van der Waals surface area contributed by atoms with E-state index < -0.39 is 0 Å². The lowest BCUT2D eigenvalue weighted by Crippen LogP contribution is -2.06. The third-order valence-corrected chi connectivity index (χ3v) is 2.72. The number of benzene rings is 1. The fourth-order valence-electron chi connectivity index (χ4n) is 1.81. The van der Waals surface area contributed by atoms with Crippen molar-refractivity contribution in [2.75, 3.05) is 13.7 Å². The van der Waals surface area contributed by atoms with Crippen LogP contribution in [0.15, 0.2) is 30.7 Å². The largest absolute Gasteiger partial charge is 0.495 e. The quantitative estimate of drug-likeness (QED) is 0.678. The SMILES string of the molecule is CCOC(=N)c1ccc(-n2cnc(C)c2)c(OC)c1. The summed E-state index contributed by atoms with van der Waals surface area (Å²) in [6, 6.07) is 5.52. The first-order valence-electron chi connectivity index (χ1n) is 6.06. The smallest absolute Gasteiger partial charge is 0.213 e. The molecule has 2 rings (SSSR count). The highest BCUT2D eigenvalue weighted by Gasteiger charge is 2.10. The highest BCUT2D eigenvalue weighted by Crippen LogP contribution is 2.24. The van der Waals surface area contributed by atoms with Crippen molar-refractivity contribution in [1.29, 1.82) is 5.41 Å². The molecule has 0 radical (unpaired) electrons. The molecule has 5 heteroatoms. The van der Waals surface area contributed by atoms with E-state index in [1.165, 1.54) is 0 Å². The van der Waals surface area contributed by atoms with Crippen molar-refractivity contribution in [3.05, 3.63) is 42.0 Å². The summed E-state index contributed by atoms with van der Waals surface area (Å²) in [6.45, 7) is 4.26. The molecule has 2 aromatic rings. The zero-order valence-corrected chi connectivity index (χ0v) is 11.3. The van der Waals surface area contributed by atoms with Crippen molar-refractivity contribution in [3.63, 3.8) is 0 Å². The molecule has 0 saturated heterocycles. The van der Waals surface area contributed by atoms with E-state index in [9.17, 15) is 0 Å². The van der Waals surface area contributed by atoms with Gasteiger partial charge in [0.2, 0.25) is 5.90 Å². The Labute approximate surface area is 112 Å². The fraction of sp³-hybridized carbons (Fsp3) is 0.286. The molecule has 1 aromatic carbocycles. The normalized spacial score (nSPS) is 10.3. The lowest BCUT2D eigenvalue weighted by molar-refractivity contribution is 0.325. The van der Waals surface area contributed by atoms with Crippen LogP contribution >= 0.6 is 0 Å². The standard InChI is InChI=1S/C14H17N3O2/c1-4-19-14(15)11-5-6-12(13(7-11)18-3)17-8-10(2)16-9-17/h5-9,15H,4H2,1-3H3. The van der Waals surface area contributed by atoms with Gasteiger partial charge >= 0.3 is 0 Å². The monoisotopic (exact) mass is 259 g/mol. The number of hydrogen-bond acceptors (Lipinski definition) is 4. The number of nitrogens with zero attached hydrogens (tertiary/aromatic N) is 2. The molecule has 0 bridgehead atoms. The maximum atomic E-state index is 7.78. The van der Waals surface area contributed by atoms with Crippen LogP contribution in [0.25, 0.3) is 5.69 Å². The second kappa shape index (κ2) is 5.56. The average Bonchev–Trinajstić information content (AvgIpc) is 2.84. The lowest BCUT2D eigenvalue weighted by atomic mass is 10.2. The fourth-order valence-corrected chi connectivity index (χ4v) is 1.81. The van der Waals surface area contributed by atoms with Crippen LogP contribution in [-0.2, 0) is 4.74 Å². The van der Waals surface area contributed by atoms with Crippen molar-refractivity contribution in [3.8, 4) is 11.4 Å². The summed E-state index contributed by atoms with van der Waals surface area (Å²) in [6.07, 6.45) is 3.66. The Hall–Kier alpha value is -2.30. The molecule has 0 fully saturated rings. The van der Waals surface area contributed by atoms with E-state index in [2.05, 4.69) is 4.98 Å². The average molecular weight is 259 g/mol. The number of hydrogen-bond donors (Lipinski definition) is 1. The highest BCUT2D eigenvalue weighted by molar-refractivity contribution is 5.92. The first kappa shape index (κ1) is 13.1. The number of imidazole rings is 1. The summed E-state index contributed by atoms with van der Waals surface area (Å²) in [5.41, 5.74) is 2.52. The van der Waals surface area contributed by atoms with Crippen LogP contribution in [0.2, 0.25) is 0 Å². The van der Waals surface area contributed by atoms with Gasteiger partial charge in [-0.3, -0.25) is 5.41 Å². The second-order valence-corrected chi connectivity index (χ2v) is 4.07. The van der Waals surface area contributed by atoms with Crippen molar-refractivity contribution in [2.45, 2.75) is 13.8 Å². The number of ether oxygens (including phenoxy) is 2. The first-order chi connectivity index (χ1) is 9.15. The van der Waals surface area contributed by atoms with Crippen LogP contribution < -0.4 is 4.74 Å². The summed E-state index contributed by atoms with van der Waals surface area (Å²) >= 11 is 0. The van der Waals surface area contributed by atoms with Gasteiger partial charge in [-0.25, -0.2) is 4.98 Å². The molecule has 1 N–H and O–H groups in total. The van der Waals surface area contributed by atoms with Gasteiger partial charge in [-0.15, -0.1) is 0 Å². The Bertz CT molecular complexity index is 590. The lowest BCUT2D eigenvalue weighted by Gasteiger charge is -2.11. The van der Waals surface area contributed by atoms with Crippen LogP contribution in [0.3, 0.4) is 0 Å². The molecule has 0 aliphatic carbocycles. The molecule has 0 unspecified atom stereocenters. The summed E-state index contributed by atoms with van der Waals surface area (Å²) < 4.78 is 12.5. The van der Waals surface area contributed by atoms with Gasteiger partial charge in [0.1, 0.15) is 5.75 Å². The molecule has 1 aromatic heterocycles. The van der Waals surface area contributed by atoms with Crippen molar-refractivity contribution < 1.29 is 9.47 Å². The number of aryl methyl sites for hydroxylation is 1. The maximum Gasteiger partial charge on any atom is 0.213 e. The molecule has 0 saturated carbocycles. The molecular weight excluding hydrogens is 242 g/mol. The number of methoxy groups -OCH3 is 1. The van der Waals surface area contributed by atoms with Gasteiger partial charge in [0.15, 0.2) is 0 Å². The Morgan fingerprint density at radius 1 is 1.42 bits per heavy atom. The van der Waals surface area contributed by atoms with E-state index in [0.29, 0.717) is 17.9 Å². The molecular formula is C14H17N3O2. The molecule has 1 heterocycles. The predicted molar refractivity (Wildman–Crippen MR) is 73.3 cm³/mol. The van der Waals surface area contributed by atoms with E-state index in [0.717, 1.165) is 11.4 Å². The van der Waals surface area contributed by atoms with Crippen LogP contribution in [0.4, 0.5) is 0 Å². The van der Waals surface area contributed by atoms with E-state index in [-0.39, 0.29) is 5.90 Å². The van der Waals surface area contributed by atoms with Gasteiger partial charge in [-0.2, -0.15) is 0 Å². The summed E-state index contributed by atoms with van der Waals surface area (Å²) in [5, 5.41) is 7.78. The molecule has 5 nitrogen and oxygen atoms in total. The van der Waals surface area contributed by atoms with Crippen LogP contribution in [0.1, 0.15) is 18.2 Å². The first-order valence-corrected chi connectivity index (χ1v) is 6.06. The van der Waals surface area contributed by atoms with Crippen molar-refractivity contribution in [1.82, 2.24) is 9.55 Å². The van der Waals surface area contributed by atoms with Crippen molar-refractivity contribution >= 4 is 5.90 Å². The molecule has 0 atom stereocenters. The Kier molecular flexibility index (Phi) is 3.85. The molecule has 19 heavy (non-hydrogen) atoms. The number of aromatic nitrogens is 2. The molecule has 0 spiro atoms. The van der Waals surface area contributed by atoms with Gasteiger partial charge in [-0.05, 0) is 32.0 Å². The summed E-state index contributed by atoms with van der Waals surface area (Å²) in [5.74, 6) is 0.827. The molecule has 0 aliphatic heterocycles.